The Bertz CT molecular complexity index is 3150. The molecule has 21 heteroatoms. The van der Waals surface area contributed by atoms with Gasteiger partial charge in [0.1, 0.15) is 30.9 Å². The lowest BCUT2D eigenvalue weighted by molar-refractivity contribution is -0.157. The summed E-state index contributed by atoms with van der Waals surface area (Å²) in [7, 11) is -1.82. The van der Waals surface area contributed by atoms with E-state index in [0.717, 1.165) is 61.1 Å². The van der Waals surface area contributed by atoms with Crippen molar-refractivity contribution in [1.82, 2.24) is 10.6 Å². The lowest BCUT2D eigenvalue weighted by atomic mass is 9.79. The van der Waals surface area contributed by atoms with Crippen molar-refractivity contribution < 1.29 is 72.5 Å². The minimum atomic E-state index is -1.29. The predicted octanol–water partition coefficient (Wildman–Crippen LogP) is 6.20. The topological polar surface area (TPSA) is 292 Å². The molecule has 0 radical (unpaired) electrons. The Morgan fingerprint density at radius 2 is 1.04 bits per heavy atom. The first-order valence-electron chi connectivity index (χ1n) is 25.6. The molecule has 79 heavy (non-hydrogen) atoms. The van der Waals surface area contributed by atoms with Crippen molar-refractivity contribution in [1.29, 1.82) is 0 Å². The van der Waals surface area contributed by atoms with E-state index in [1.54, 1.807) is 51.1 Å². The summed E-state index contributed by atoms with van der Waals surface area (Å²) in [5, 5.41) is 45.1. The number of nitrogens with one attached hydrogen (secondary N) is 3. The van der Waals surface area contributed by atoms with Crippen molar-refractivity contribution in [2.75, 3.05) is 24.3 Å². The zero-order chi connectivity index (χ0) is 56.4. The van der Waals surface area contributed by atoms with Crippen LogP contribution in [0.3, 0.4) is 0 Å². The Morgan fingerprint density at radius 1 is 0.608 bits per heavy atom. The number of aliphatic carboxylic acids is 2. The zero-order valence-corrected chi connectivity index (χ0v) is 43.7. The van der Waals surface area contributed by atoms with E-state index < -0.39 is 67.9 Å². The average molecular weight is 1070 g/mol. The molecule has 2 heterocycles. The maximum Gasteiger partial charge on any atom is 0.491 e. The van der Waals surface area contributed by atoms with Crippen molar-refractivity contribution in [3.05, 3.63) is 167 Å². The van der Waals surface area contributed by atoms with Gasteiger partial charge in [0.15, 0.2) is 0 Å². The number of ether oxygens (including phenoxy) is 3. The van der Waals surface area contributed by atoms with Gasteiger partial charge in [-0.3, -0.25) is 9.59 Å². The molecular formula is C58H60B2N4O15. The van der Waals surface area contributed by atoms with Crippen LogP contribution in [-0.4, -0.2) is 101 Å². The number of nitrogens with two attached hydrogens (primary N) is 1. The third kappa shape index (κ3) is 14.4. The van der Waals surface area contributed by atoms with Crippen molar-refractivity contribution in [3.8, 4) is 22.3 Å². The van der Waals surface area contributed by atoms with Gasteiger partial charge in [0.2, 0.25) is 5.91 Å². The smallest absolute Gasteiger partial charge is 0.481 e. The highest BCUT2D eigenvalue weighted by Gasteiger charge is 2.34. The number of nitrogen functional groups attached to an aromatic ring is 1. The summed E-state index contributed by atoms with van der Waals surface area (Å²) < 4.78 is 26.3. The van der Waals surface area contributed by atoms with E-state index in [9.17, 15) is 43.9 Å². The number of esters is 1. The second kappa shape index (κ2) is 25.3. The SMILES string of the molecule is CC(C)(C)OC(=O)[C@H](CCC(=O)O)NC(=O)OCC1c2ccccc2-c2ccccc21.Nc1ccc2c(c1)B(O)OC2.O=C(CC[C@H](NC(=O)OCC1c2ccccc2-c2ccccc21)C(=O)O)Nc1ccc2c(c1)B(O)OC2. The van der Waals surface area contributed by atoms with Crippen molar-refractivity contribution in [3.63, 3.8) is 0 Å². The molecule has 19 nitrogen and oxygen atoms in total. The second-order valence-corrected chi connectivity index (χ2v) is 20.1. The van der Waals surface area contributed by atoms with Gasteiger partial charge in [0.05, 0.1) is 13.2 Å². The van der Waals surface area contributed by atoms with Gasteiger partial charge in [-0.1, -0.05) is 109 Å². The second-order valence-electron chi connectivity index (χ2n) is 20.1. The van der Waals surface area contributed by atoms with Gasteiger partial charge in [0.25, 0.3) is 0 Å². The van der Waals surface area contributed by atoms with Gasteiger partial charge in [0, 0.05) is 36.1 Å². The number of benzene rings is 6. The molecule has 2 aliphatic carbocycles. The van der Waals surface area contributed by atoms with Gasteiger partial charge < -0.3 is 65.5 Å². The number of carboxylic acids is 2. The van der Waals surface area contributed by atoms with E-state index in [0.29, 0.717) is 30.1 Å². The predicted molar refractivity (Wildman–Crippen MR) is 294 cm³/mol. The molecule has 4 aliphatic rings. The Kier molecular flexibility index (Phi) is 18.2. The highest BCUT2D eigenvalue weighted by molar-refractivity contribution is 6.62. The molecule has 2 atom stereocenters. The summed E-state index contributed by atoms with van der Waals surface area (Å²) in [6.45, 7) is 6.04. The first kappa shape index (κ1) is 56.7. The van der Waals surface area contributed by atoms with Gasteiger partial charge >= 0.3 is 44.3 Å². The standard InChI is InChI=1S/C27H25BN2O7.C24H27NO6.C7H8BNO2/c31-25(29-17-10-9-16-14-37-28(35)23(16)13-17)12-11-24(26(32)33)30-27(34)36-15-22-20-7-3-1-5-18(20)19-6-2-4-8-21(19)22;1-24(2,3)31-22(28)20(12-13-21(26)27)25-23(29)30-14-19-17-10-6-4-8-15(17)16-9-5-7-11-18(16)19;9-6-2-1-5-4-11-8(10)7(5)3-6/h1-10,13,22,24,35H,11-12,14-15H2,(H,29,31)(H,30,34)(H,32,33);4-11,19-20H,12-14H2,1-3H3,(H,25,29)(H,26,27);1-3,10H,4,9H2/t24-;20-;/m00./s1. The fraction of sp³-hybridized carbons (Fsp3) is 0.276. The van der Waals surface area contributed by atoms with E-state index in [1.165, 1.54) is 0 Å². The fourth-order valence-electron chi connectivity index (χ4n) is 9.74. The maximum atomic E-state index is 12.5. The van der Waals surface area contributed by atoms with E-state index in [4.69, 9.17) is 34.4 Å². The lowest BCUT2D eigenvalue weighted by Crippen LogP contribution is -2.44. The molecule has 9 N–H and O–H groups in total. The molecule has 0 saturated carbocycles. The molecule has 6 aromatic carbocycles. The molecule has 0 spiro atoms. The molecule has 10 rings (SSSR count). The average Bonchev–Trinajstić information content (AvgIpc) is 4.40. The number of rotatable bonds is 15. The van der Waals surface area contributed by atoms with Gasteiger partial charge in [-0.2, -0.15) is 0 Å². The van der Waals surface area contributed by atoms with Crippen molar-refractivity contribution >= 4 is 72.5 Å². The van der Waals surface area contributed by atoms with Gasteiger partial charge in [-0.25, -0.2) is 19.2 Å². The third-order valence-electron chi connectivity index (χ3n) is 13.5. The Hall–Kier alpha value is -8.49. The Balaban J connectivity index is 0.000000176. The first-order valence-corrected chi connectivity index (χ1v) is 25.6. The molecule has 0 bridgehead atoms. The summed E-state index contributed by atoms with van der Waals surface area (Å²) in [5.74, 6) is -3.71. The summed E-state index contributed by atoms with van der Waals surface area (Å²) in [5.41, 5.74) is 17.8. The molecule has 6 aromatic rings. The largest absolute Gasteiger partial charge is 0.491 e. The number of amides is 3. The minimum absolute atomic E-state index is 0.0561. The highest BCUT2D eigenvalue weighted by atomic mass is 16.6. The van der Waals surface area contributed by atoms with Crippen LogP contribution in [0.15, 0.2) is 133 Å². The van der Waals surface area contributed by atoms with Crippen LogP contribution >= 0.6 is 0 Å². The summed E-state index contributed by atoms with van der Waals surface area (Å²) >= 11 is 0. The number of carbonyl (C=O) groups excluding carboxylic acids is 4. The highest BCUT2D eigenvalue weighted by Crippen LogP contribution is 2.45. The van der Waals surface area contributed by atoms with E-state index in [1.807, 2.05) is 103 Å². The van der Waals surface area contributed by atoms with Gasteiger partial charge in [-0.15, -0.1) is 0 Å². The first-order chi connectivity index (χ1) is 37.8. The lowest BCUT2D eigenvalue weighted by Gasteiger charge is -2.24. The summed E-state index contributed by atoms with van der Waals surface area (Å²) in [6, 6.07) is 39.8. The van der Waals surface area contributed by atoms with Crippen LogP contribution in [0.25, 0.3) is 22.3 Å². The maximum absolute atomic E-state index is 12.5. The number of hydrogen-bond acceptors (Lipinski definition) is 14. The van der Waals surface area contributed by atoms with Crippen molar-refractivity contribution in [2.45, 2.75) is 89.2 Å². The Morgan fingerprint density at radius 3 is 1.49 bits per heavy atom. The number of anilines is 2. The third-order valence-corrected chi connectivity index (χ3v) is 13.5. The number of carbonyl (C=O) groups is 6. The van der Waals surface area contributed by atoms with Crippen LogP contribution < -0.4 is 32.6 Å². The van der Waals surface area contributed by atoms with Crippen LogP contribution in [0, 0.1) is 0 Å². The van der Waals surface area contributed by atoms with E-state index >= 15 is 0 Å². The zero-order valence-electron chi connectivity index (χ0n) is 43.7. The number of hydrogen-bond donors (Lipinski definition) is 8. The van der Waals surface area contributed by atoms with Crippen LogP contribution in [0.4, 0.5) is 21.0 Å². The van der Waals surface area contributed by atoms with Gasteiger partial charge in [-0.05, 0) is 124 Å². The molecule has 3 amide bonds. The monoisotopic (exact) mass is 1070 g/mol. The number of fused-ring (bicyclic) bond motifs is 8. The van der Waals surface area contributed by atoms with E-state index in [-0.39, 0.29) is 50.7 Å². The normalized spacial score (nSPS) is 14.2. The molecule has 2 aliphatic heterocycles. The number of carboxylic acid groups (broad SMARTS) is 2. The molecule has 408 valence electrons. The van der Waals surface area contributed by atoms with Crippen LogP contribution in [-0.2, 0) is 55.9 Å². The van der Waals surface area contributed by atoms with Crippen molar-refractivity contribution in [2.24, 2.45) is 0 Å². The number of alkyl carbamates (subject to hydrolysis) is 2. The van der Waals surface area contributed by atoms with Crippen LogP contribution in [0.2, 0.25) is 0 Å². The van der Waals surface area contributed by atoms with E-state index in [2.05, 4.69) is 16.0 Å². The molecule has 0 unspecified atom stereocenters. The molecule has 0 aromatic heterocycles. The summed E-state index contributed by atoms with van der Waals surface area (Å²) in [6.07, 6.45) is -2.29. The fourth-order valence-corrected chi connectivity index (χ4v) is 9.74. The van der Waals surface area contributed by atoms with Crippen LogP contribution in [0.1, 0.15) is 91.7 Å². The quantitative estimate of drug-likeness (QED) is 0.0246. The summed E-state index contributed by atoms with van der Waals surface area (Å²) in [4.78, 5) is 72.4. The minimum Gasteiger partial charge on any atom is -0.481 e. The molecule has 0 fully saturated rings. The Labute approximate surface area is 456 Å². The molecular weight excluding hydrogens is 1010 g/mol. The molecule has 0 saturated heterocycles. The van der Waals surface area contributed by atoms with Crippen LogP contribution in [0.5, 0.6) is 0 Å².